The topological polar surface area (TPSA) is 67.8 Å². The molecule has 0 heterocycles. The van der Waals surface area contributed by atoms with E-state index in [2.05, 4.69) is 5.32 Å². The molecule has 0 saturated carbocycles. The standard InChI is InChI=1S/C23H20ClNO4/c1-28-22-11-7-16(13-21(22)26)8-12-23(27)25-20-14-18(24)10-9-17(20)15-29-19-5-3-2-4-6-19/h2-14,26H,15H2,1H3,(H,25,27). The monoisotopic (exact) mass is 409 g/mol. The predicted molar refractivity (Wildman–Crippen MR) is 115 cm³/mol. The molecule has 29 heavy (non-hydrogen) atoms. The molecular formula is C23H20ClNO4. The van der Waals surface area contributed by atoms with Crippen LogP contribution in [0.2, 0.25) is 5.02 Å². The number of rotatable bonds is 7. The summed E-state index contributed by atoms with van der Waals surface area (Å²) >= 11 is 6.09. The van der Waals surface area contributed by atoms with Crippen molar-refractivity contribution in [1.82, 2.24) is 0 Å². The van der Waals surface area contributed by atoms with Crippen molar-refractivity contribution in [2.45, 2.75) is 6.61 Å². The highest BCUT2D eigenvalue weighted by atomic mass is 35.5. The Balaban J connectivity index is 1.69. The number of carbonyl (C=O) groups excluding carboxylic acids is 1. The second-order valence-electron chi connectivity index (χ2n) is 6.16. The van der Waals surface area contributed by atoms with E-state index in [1.165, 1.54) is 19.3 Å². The van der Waals surface area contributed by atoms with Gasteiger partial charge in [-0.05, 0) is 48.0 Å². The van der Waals surface area contributed by atoms with Crippen LogP contribution in [0.1, 0.15) is 11.1 Å². The van der Waals surface area contributed by atoms with Gasteiger partial charge in [-0.1, -0.05) is 41.9 Å². The molecule has 0 bridgehead atoms. The Bertz CT molecular complexity index is 1020. The average Bonchev–Trinajstić information content (AvgIpc) is 2.72. The van der Waals surface area contributed by atoms with Crippen LogP contribution in [-0.2, 0) is 11.4 Å². The molecule has 2 N–H and O–H groups in total. The van der Waals surface area contributed by atoms with E-state index in [9.17, 15) is 9.90 Å². The SMILES string of the molecule is COc1ccc(C=CC(=O)Nc2cc(Cl)ccc2COc2ccccc2)cc1O. The van der Waals surface area contributed by atoms with Crippen molar-refractivity contribution in [1.29, 1.82) is 0 Å². The Morgan fingerprint density at radius 1 is 1.10 bits per heavy atom. The smallest absolute Gasteiger partial charge is 0.248 e. The van der Waals surface area contributed by atoms with E-state index >= 15 is 0 Å². The maximum atomic E-state index is 12.4. The number of phenolic OH excluding ortho intramolecular Hbond substituents is 1. The summed E-state index contributed by atoms with van der Waals surface area (Å²) in [5, 5.41) is 13.1. The zero-order valence-corrected chi connectivity index (χ0v) is 16.5. The third-order valence-electron chi connectivity index (χ3n) is 4.10. The van der Waals surface area contributed by atoms with E-state index in [1.807, 2.05) is 36.4 Å². The van der Waals surface area contributed by atoms with Gasteiger partial charge in [0.1, 0.15) is 12.4 Å². The first-order valence-corrected chi connectivity index (χ1v) is 9.25. The van der Waals surface area contributed by atoms with Crippen molar-refractivity contribution in [2.75, 3.05) is 12.4 Å². The highest BCUT2D eigenvalue weighted by Crippen LogP contribution is 2.27. The number of para-hydroxylation sites is 1. The van der Waals surface area contributed by atoms with Crippen LogP contribution < -0.4 is 14.8 Å². The Morgan fingerprint density at radius 3 is 2.62 bits per heavy atom. The fourth-order valence-corrected chi connectivity index (χ4v) is 2.80. The molecule has 0 aromatic heterocycles. The number of methoxy groups -OCH3 is 1. The summed E-state index contributed by atoms with van der Waals surface area (Å²) in [6.45, 7) is 0.285. The zero-order valence-electron chi connectivity index (χ0n) is 15.8. The molecule has 0 fully saturated rings. The molecule has 3 rings (SSSR count). The largest absolute Gasteiger partial charge is 0.504 e. The van der Waals surface area contributed by atoms with Gasteiger partial charge in [0.25, 0.3) is 0 Å². The molecular weight excluding hydrogens is 390 g/mol. The number of aromatic hydroxyl groups is 1. The van der Waals surface area contributed by atoms with Gasteiger partial charge in [-0.25, -0.2) is 0 Å². The van der Waals surface area contributed by atoms with Crippen molar-refractivity contribution in [3.8, 4) is 17.2 Å². The Kier molecular flexibility index (Phi) is 6.76. The van der Waals surface area contributed by atoms with Crippen molar-refractivity contribution >= 4 is 29.3 Å². The number of amides is 1. The summed E-state index contributed by atoms with van der Waals surface area (Å²) in [5.74, 6) is 0.779. The summed E-state index contributed by atoms with van der Waals surface area (Å²) in [4.78, 5) is 12.4. The second-order valence-corrected chi connectivity index (χ2v) is 6.59. The van der Waals surface area contributed by atoms with Crippen molar-refractivity contribution in [2.24, 2.45) is 0 Å². The summed E-state index contributed by atoms with van der Waals surface area (Å²) < 4.78 is 10.8. The summed E-state index contributed by atoms with van der Waals surface area (Å²) in [5.41, 5.74) is 2.03. The molecule has 0 unspecified atom stereocenters. The van der Waals surface area contributed by atoms with E-state index in [0.717, 1.165) is 11.3 Å². The van der Waals surface area contributed by atoms with Crippen LogP contribution >= 0.6 is 11.6 Å². The van der Waals surface area contributed by atoms with Crippen LogP contribution in [0, 0.1) is 0 Å². The summed E-state index contributed by atoms with van der Waals surface area (Å²) in [6.07, 6.45) is 2.98. The Labute approximate surface area is 174 Å². The molecule has 0 aliphatic heterocycles. The minimum absolute atomic E-state index is 0.00486. The molecule has 0 spiro atoms. The summed E-state index contributed by atoms with van der Waals surface area (Å²) in [7, 11) is 1.47. The number of ether oxygens (including phenoxy) is 2. The number of nitrogens with one attached hydrogen (secondary N) is 1. The van der Waals surface area contributed by atoms with E-state index in [4.69, 9.17) is 21.1 Å². The molecule has 0 aliphatic carbocycles. The maximum absolute atomic E-state index is 12.4. The van der Waals surface area contributed by atoms with Gasteiger partial charge in [0.15, 0.2) is 11.5 Å². The number of hydrogen-bond acceptors (Lipinski definition) is 4. The lowest BCUT2D eigenvalue weighted by molar-refractivity contribution is -0.111. The lowest BCUT2D eigenvalue weighted by Gasteiger charge is -2.12. The van der Waals surface area contributed by atoms with Crippen LogP contribution in [0.25, 0.3) is 6.08 Å². The van der Waals surface area contributed by atoms with E-state index in [0.29, 0.717) is 22.0 Å². The van der Waals surface area contributed by atoms with Gasteiger partial charge in [0.2, 0.25) is 5.91 Å². The number of halogens is 1. The van der Waals surface area contributed by atoms with Crippen LogP contribution in [0.3, 0.4) is 0 Å². The van der Waals surface area contributed by atoms with E-state index in [-0.39, 0.29) is 18.3 Å². The number of phenols is 1. The second kappa shape index (κ2) is 9.66. The number of anilines is 1. The van der Waals surface area contributed by atoms with Crippen LogP contribution in [0.15, 0.2) is 72.8 Å². The maximum Gasteiger partial charge on any atom is 0.248 e. The molecule has 5 nitrogen and oxygen atoms in total. The van der Waals surface area contributed by atoms with Crippen LogP contribution in [0.5, 0.6) is 17.2 Å². The quantitative estimate of drug-likeness (QED) is 0.520. The molecule has 0 aliphatic rings. The van der Waals surface area contributed by atoms with Gasteiger partial charge in [-0.3, -0.25) is 4.79 Å². The molecule has 0 atom stereocenters. The molecule has 0 saturated heterocycles. The lowest BCUT2D eigenvalue weighted by atomic mass is 10.1. The van der Waals surface area contributed by atoms with Crippen molar-refractivity contribution in [3.05, 3.63) is 89.0 Å². The molecule has 0 radical (unpaired) electrons. The van der Waals surface area contributed by atoms with Gasteiger partial charge >= 0.3 is 0 Å². The first kappa shape index (κ1) is 20.3. The van der Waals surface area contributed by atoms with Gasteiger partial charge in [0, 0.05) is 22.3 Å². The highest BCUT2D eigenvalue weighted by molar-refractivity contribution is 6.31. The fraction of sp³-hybridized carbons (Fsp3) is 0.0870. The molecule has 3 aromatic rings. The zero-order chi connectivity index (χ0) is 20.6. The van der Waals surface area contributed by atoms with Crippen molar-refractivity contribution < 1.29 is 19.4 Å². The van der Waals surface area contributed by atoms with Crippen LogP contribution in [0.4, 0.5) is 5.69 Å². The van der Waals surface area contributed by atoms with Gasteiger partial charge < -0.3 is 19.9 Å². The minimum Gasteiger partial charge on any atom is -0.504 e. The Morgan fingerprint density at radius 2 is 1.90 bits per heavy atom. The molecule has 6 heteroatoms. The van der Waals surface area contributed by atoms with E-state index < -0.39 is 0 Å². The van der Waals surface area contributed by atoms with Crippen LogP contribution in [-0.4, -0.2) is 18.1 Å². The van der Waals surface area contributed by atoms with Crippen molar-refractivity contribution in [3.63, 3.8) is 0 Å². The highest BCUT2D eigenvalue weighted by Gasteiger charge is 2.08. The average molecular weight is 410 g/mol. The normalized spacial score (nSPS) is 10.7. The van der Waals surface area contributed by atoms with Gasteiger partial charge in [-0.2, -0.15) is 0 Å². The third-order valence-corrected chi connectivity index (χ3v) is 4.33. The summed E-state index contributed by atoms with van der Waals surface area (Å²) in [6, 6.07) is 19.5. The fourth-order valence-electron chi connectivity index (χ4n) is 2.63. The third kappa shape index (κ3) is 5.77. The molecule has 3 aromatic carbocycles. The van der Waals surface area contributed by atoms with Gasteiger partial charge in [-0.15, -0.1) is 0 Å². The number of hydrogen-bond donors (Lipinski definition) is 2. The number of carbonyl (C=O) groups is 1. The molecule has 1 amide bonds. The lowest BCUT2D eigenvalue weighted by Crippen LogP contribution is -2.11. The number of benzene rings is 3. The first-order chi connectivity index (χ1) is 14.0. The first-order valence-electron chi connectivity index (χ1n) is 8.87. The van der Waals surface area contributed by atoms with Gasteiger partial charge in [0.05, 0.1) is 7.11 Å². The van der Waals surface area contributed by atoms with E-state index in [1.54, 1.807) is 30.3 Å². The minimum atomic E-state index is -0.330. The molecule has 148 valence electrons. The Hall–Kier alpha value is -3.44. The predicted octanol–water partition coefficient (Wildman–Crippen LogP) is 5.29.